The van der Waals surface area contributed by atoms with Gasteiger partial charge in [-0.2, -0.15) is 0 Å². The minimum absolute atomic E-state index is 0.115. The second-order valence-corrected chi connectivity index (χ2v) is 17.0. The van der Waals surface area contributed by atoms with Crippen LogP contribution in [-0.4, -0.2) is 155 Å². The number of carbonyl (C=O) groups is 2. The molecule has 54 heavy (non-hydrogen) atoms. The highest BCUT2D eigenvalue weighted by molar-refractivity contribution is 5.78. The number of rotatable bonds is 9. The number of carbonyl (C=O) groups excluding carboxylic acids is 2. The van der Waals surface area contributed by atoms with Gasteiger partial charge in [0, 0.05) is 38.0 Å². The molecule has 3 heterocycles. The number of nitrogens with one attached hydrogen (secondary N) is 1. The zero-order chi connectivity index (χ0) is 41.1. The Morgan fingerprint density at radius 3 is 2.09 bits per heavy atom. The highest BCUT2D eigenvalue weighted by Crippen LogP contribution is 2.41. The average molecular weight is 777 g/mol. The molecule has 0 aliphatic carbocycles. The monoisotopic (exact) mass is 777 g/mol. The lowest BCUT2D eigenvalue weighted by Crippen LogP contribution is -2.61. The van der Waals surface area contributed by atoms with Gasteiger partial charge in [0.2, 0.25) is 5.91 Å². The number of hydrogen-bond donors (Lipinski definition) is 5. The predicted octanol–water partition coefficient (Wildman–Crippen LogP) is 2.13. The number of methoxy groups -OCH3 is 1. The fraction of sp³-hybridized carbons (Fsp3) is 0.949. The zero-order valence-corrected chi connectivity index (χ0v) is 35.1. The van der Waals surface area contributed by atoms with Crippen LogP contribution in [0.5, 0.6) is 0 Å². The highest BCUT2D eigenvalue weighted by atomic mass is 16.7. The molecule has 3 rings (SSSR count). The maximum Gasteiger partial charge on any atom is 0.311 e. The van der Waals surface area contributed by atoms with Gasteiger partial charge in [0.1, 0.15) is 30.0 Å². The largest absolute Gasteiger partial charge is 0.459 e. The maximum atomic E-state index is 14.3. The normalized spacial score (nSPS) is 47.7. The third-order valence-electron chi connectivity index (χ3n) is 12.2. The van der Waals surface area contributed by atoms with Crippen molar-refractivity contribution < 1.29 is 63.2 Å². The number of aliphatic hydroxyl groups is 4. The first-order valence-corrected chi connectivity index (χ1v) is 19.7. The van der Waals surface area contributed by atoms with Crippen molar-refractivity contribution in [3.05, 3.63) is 0 Å². The van der Waals surface area contributed by atoms with E-state index in [1.807, 2.05) is 46.7 Å². The van der Waals surface area contributed by atoms with Gasteiger partial charge in [-0.15, -0.1) is 0 Å². The second-order valence-electron chi connectivity index (χ2n) is 17.0. The van der Waals surface area contributed by atoms with Gasteiger partial charge in [-0.05, 0) is 88.7 Å². The number of amides is 1. The molecule has 3 fully saturated rings. The topological polar surface area (TPSA) is 195 Å². The lowest BCUT2D eigenvalue weighted by Gasteiger charge is -2.49. The third kappa shape index (κ3) is 10.3. The van der Waals surface area contributed by atoms with Gasteiger partial charge in [0.05, 0.1) is 47.6 Å². The Kier molecular flexibility index (Phi) is 16.4. The molecule has 0 aromatic carbocycles. The van der Waals surface area contributed by atoms with Crippen LogP contribution in [0.1, 0.15) is 102 Å². The molecule has 0 unspecified atom stereocenters. The van der Waals surface area contributed by atoms with E-state index in [0.29, 0.717) is 6.42 Å². The van der Waals surface area contributed by atoms with Crippen molar-refractivity contribution in [1.29, 1.82) is 0 Å². The fourth-order valence-corrected chi connectivity index (χ4v) is 8.69. The van der Waals surface area contributed by atoms with Crippen molar-refractivity contribution in [2.75, 3.05) is 27.8 Å². The molecule has 0 saturated carbocycles. The summed E-state index contributed by atoms with van der Waals surface area (Å²) in [5.41, 5.74) is -4.23. The SMILES string of the molecule is CCO[C@]1(C)C[C@@H](C)C(=O)N[C@H](C)[C@@H](O)[C@](C)(O)[C@@H](CC)OC(=O)[C@H](C)[C@@H](O[C@H]2C[C@@](C)(OC)[C@@H](O)[C@H](C)O2)[C@H](C)[C@H]1O[C@@H]1O[C@H](C)C[C@H](N(C)C)[C@H]1O. The maximum absolute atomic E-state index is 14.3. The minimum atomic E-state index is -1.94. The number of cyclic esters (lactones) is 1. The fourth-order valence-electron chi connectivity index (χ4n) is 8.69. The lowest BCUT2D eigenvalue weighted by atomic mass is 9.77. The molecule has 18 atom stereocenters. The van der Waals surface area contributed by atoms with Crippen molar-refractivity contribution in [2.24, 2.45) is 17.8 Å². The van der Waals surface area contributed by atoms with Crippen molar-refractivity contribution in [2.45, 2.75) is 192 Å². The van der Waals surface area contributed by atoms with E-state index in [4.69, 9.17) is 33.2 Å². The van der Waals surface area contributed by atoms with E-state index in [1.54, 1.807) is 41.5 Å². The lowest BCUT2D eigenvalue weighted by molar-refractivity contribution is -0.320. The minimum Gasteiger partial charge on any atom is -0.459 e. The Hall–Kier alpha value is -1.50. The molecule has 0 aromatic heterocycles. The van der Waals surface area contributed by atoms with Crippen molar-refractivity contribution >= 4 is 11.9 Å². The molecule has 15 heteroatoms. The standard InChI is InChI=1S/C39H72N2O13/c1-15-27-39(11,47)31(43)24(7)40-34(45)20(3)18-38(10,49-16-2)33(54-36-29(42)26(41(12)13)17-21(4)50-36)22(5)30(23(6)35(46)52-27)53-28-19-37(9,48-14)32(44)25(8)51-28/h20-33,36,42-44,47H,15-19H2,1-14H3,(H,40,45)/t20-,21-,22+,23-,24-,25+,26+,27-,28+,29-,30+,31-,32+,33-,36+,37-,38-,39-/m1/s1. The summed E-state index contributed by atoms with van der Waals surface area (Å²) in [5.74, 6) is -3.56. The van der Waals surface area contributed by atoms with Crippen LogP contribution in [0.4, 0.5) is 0 Å². The van der Waals surface area contributed by atoms with Gasteiger partial charge in [-0.1, -0.05) is 20.8 Å². The molecular formula is C39H72N2O13. The Morgan fingerprint density at radius 1 is 0.907 bits per heavy atom. The second kappa shape index (κ2) is 18.8. The van der Waals surface area contributed by atoms with Crippen molar-refractivity contribution in [1.82, 2.24) is 10.2 Å². The number of hydrogen-bond acceptors (Lipinski definition) is 14. The summed E-state index contributed by atoms with van der Waals surface area (Å²) >= 11 is 0. The average Bonchev–Trinajstić information content (AvgIpc) is 3.10. The van der Waals surface area contributed by atoms with Crippen LogP contribution in [0.2, 0.25) is 0 Å². The Bertz CT molecular complexity index is 1220. The van der Waals surface area contributed by atoms with Crippen LogP contribution in [0.25, 0.3) is 0 Å². The highest BCUT2D eigenvalue weighted by Gasteiger charge is 2.53. The van der Waals surface area contributed by atoms with E-state index < -0.39 is 108 Å². The van der Waals surface area contributed by atoms with Crippen LogP contribution in [0, 0.1) is 17.8 Å². The Morgan fingerprint density at radius 2 is 1.54 bits per heavy atom. The summed E-state index contributed by atoms with van der Waals surface area (Å²) in [6, 6.07) is -1.21. The first-order chi connectivity index (χ1) is 25.0. The summed E-state index contributed by atoms with van der Waals surface area (Å²) < 4.78 is 44.4. The van der Waals surface area contributed by atoms with Crippen LogP contribution < -0.4 is 5.32 Å². The van der Waals surface area contributed by atoms with Crippen LogP contribution in [-0.2, 0) is 42.7 Å². The van der Waals surface area contributed by atoms with E-state index in [2.05, 4.69) is 5.32 Å². The third-order valence-corrected chi connectivity index (χ3v) is 12.2. The van der Waals surface area contributed by atoms with Crippen molar-refractivity contribution in [3.63, 3.8) is 0 Å². The number of ether oxygens (including phenoxy) is 7. The predicted molar refractivity (Wildman–Crippen MR) is 199 cm³/mol. The summed E-state index contributed by atoms with van der Waals surface area (Å²) in [7, 11) is 5.27. The summed E-state index contributed by atoms with van der Waals surface area (Å²) in [4.78, 5) is 30.0. The molecule has 3 aliphatic heterocycles. The molecular weight excluding hydrogens is 704 g/mol. The molecule has 1 amide bonds. The molecule has 5 N–H and O–H groups in total. The number of esters is 1. The van der Waals surface area contributed by atoms with E-state index in [9.17, 15) is 30.0 Å². The van der Waals surface area contributed by atoms with E-state index in [-0.39, 0.29) is 38.0 Å². The summed E-state index contributed by atoms with van der Waals surface area (Å²) in [6.45, 7) is 19.2. The van der Waals surface area contributed by atoms with Crippen LogP contribution in [0.3, 0.4) is 0 Å². The first kappa shape index (κ1) is 46.9. The van der Waals surface area contributed by atoms with Gasteiger partial charge in [0.25, 0.3) is 0 Å². The van der Waals surface area contributed by atoms with Gasteiger partial charge in [0.15, 0.2) is 12.6 Å². The van der Waals surface area contributed by atoms with Gasteiger partial charge < -0.3 is 63.8 Å². The molecule has 3 aliphatic rings. The molecule has 0 spiro atoms. The summed E-state index contributed by atoms with van der Waals surface area (Å²) in [5, 5.41) is 48.5. The zero-order valence-electron chi connectivity index (χ0n) is 35.1. The molecule has 15 nitrogen and oxygen atoms in total. The van der Waals surface area contributed by atoms with Crippen molar-refractivity contribution in [3.8, 4) is 0 Å². The van der Waals surface area contributed by atoms with E-state index >= 15 is 0 Å². The summed E-state index contributed by atoms with van der Waals surface area (Å²) in [6.07, 6.45) is -8.75. The molecule has 0 bridgehead atoms. The van der Waals surface area contributed by atoms with Gasteiger partial charge >= 0.3 is 5.97 Å². The Balaban J connectivity index is 2.25. The smallest absolute Gasteiger partial charge is 0.311 e. The van der Waals surface area contributed by atoms with Crippen LogP contribution in [0.15, 0.2) is 0 Å². The Labute approximate surface area is 322 Å². The van der Waals surface area contributed by atoms with E-state index in [0.717, 1.165) is 0 Å². The number of likely N-dealkylation sites (N-methyl/N-ethyl adjacent to an activating group) is 1. The van der Waals surface area contributed by atoms with E-state index in [1.165, 1.54) is 14.0 Å². The molecule has 0 aromatic rings. The molecule has 316 valence electrons. The number of aliphatic hydroxyl groups excluding tert-OH is 3. The quantitative estimate of drug-likeness (QED) is 0.214. The van der Waals surface area contributed by atoms with Crippen LogP contribution >= 0.6 is 0 Å². The number of nitrogens with zero attached hydrogens (tertiary/aromatic N) is 1. The van der Waals surface area contributed by atoms with Gasteiger partial charge in [-0.25, -0.2) is 0 Å². The molecule has 3 saturated heterocycles. The molecule has 0 radical (unpaired) electrons. The van der Waals surface area contributed by atoms with Gasteiger partial charge in [-0.3, -0.25) is 9.59 Å². The first-order valence-electron chi connectivity index (χ1n) is 19.7.